The van der Waals surface area contributed by atoms with Crippen molar-refractivity contribution in [3.63, 3.8) is 0 Å². The Labute approximate surface area is 171 Å². The summed E-state index contributed by atoms with van der Waals surface area (Å²) in [5.41, 5.74) is 7.10. The van der Waals surface area contributed by atoms with E-state index in [9.17, 15) is 13.2 Å². The zero-order valence-electron chi connectivity index (χ0n) is 16.6. The lowest BCUT2D eigenvalue weighted by Crippen LogP contribution is -2.41. The number of aliphatic imine (C=N–C) groups is 1. The van der Waals surface area contributed by atoms with E-state index in [1.807, 2.05) is 61.5 Å². The number of sulfonamides is 1. The Kier molecular flexibility index (Phi) is 6.04. The van der Waals surface area contributed by atoms with Crippen molar-refractivity contribution in [1.29, 1.82) is 0 Å². The lowest BCUT2D eigenvalue weighted by molar-refractivity contribution is -0.129. The number of carbonyl (C=O) groups excluding carboxylic acids is 1. The topological polar surface area (TPSA) is 105 Å². The number of rotatable bonds is 8. The van der Waals surface area contributed by atoms with Crippen molar-refractivity contribution in [2.75, 3.05) is 19.3 Å². The van der Waals surface area contributed by atoms with Crippen molar-refractivity contribution in [1.82, 2.24) is 9.62 Å². The van der Waals surface area contributed by atoms with Crippen LogP contribution >= 0.6 is 0 Å². The van der Waals surface area contributed by atoms with Crippen molar-refractivity contribution in [2.24, 2.45) is 10.7 Å². The monoisotopic (exact) mass is 414 g/mol. The average molecular weight is 415 g/mol. The third-order valence-corrected chi connectivity index (χ3v) is 6.57. The summed E-state index contributed by atoms with van der Waals surface area (Å²) in [6, 6.07) is 16.8. The molecule has 3 rings (SSSR count). The predicted molar refractivity (Wildman–Crippen MR) is 114 cm³/mol. The van der Waals surface area contributed by atoms with E-state index < -0.39 is 15.6 Å². The van der Waals surface area contributed by atoms with Gasteiger partial charge < -0.3 is 5.73 Å². The Balaban J connectivity index is 1.93. The minimum Gasteiger partial charge on any atom is -0.369 e. The van der Waals surface area contributed by atoms with Gasteiger partial charge in [-0.1, -0.05) is 61.5 Å². The number of carbonyl (C=O) groups is 1. The molecule has 0 fully saturated rings. The molecule has 0 saturated heterocycles. The summed E-state index contributed by atoms with van der Waals surface area (Å²) in [7, 11) is -1.65. The summed E-state index contributed by atoms with van der Waals surface area (Å²) in [6.45, 7) is 2.12. The highest BCUT2D eigenvalue weighted by molar-refractivity contribution is 7.89. The summed E-state index contributed by atoms with van der Waals surface area (Å²) in [5, 5.41) is 0. The molecule has 3 N–H and O–H groups in total. The predicted octanol–water partition coefficient (Wildman–Crippen LogP) is 1.59. The summed E-state index contributed by atoms with van der Waals surface area (Å²) in [6.07, 6.45) is 1.07. The molecule has 29 heavy (non-hydrogen) atoms. The van der Waals surface area contributed by atoms with Crippen molar-refractivity contribution < 1.29 is 13.2 Å². The molecule has 2 aromatic rings. The molecule has 0 spiro atoms. The smallest absolute Gasteiger partial charge is 0.266 e. The van der Waals surface area contributed by atoms with Crippen molar-refractivity contribution in [3.8, 4) is 0 Å². The van der Waals surface area contributed by atoms with Crippen molar-refractivity contribution in [3.05, 3.63) is 71.3 Å². The van der Waals surface area contributed by atoms with E-state index in [2.05, 4.69) is 9.71 Å². The average Bonchev–Trinajstić information content (AvgIpc) is 2.94. The first-order chi connectivity index (χ1) is 13.8. The van der Waals surface area contributed by atoms with Gasteiger partial charge in [0.2, 0.25) is 10.0 Å². The van der Waals surface area contributed by atoms with Crippen LogP contribution in [0.2, 0.25) is 0 Å². The van der Waals surface area contributed by atoms with Crippen LogP contribution in [0, 0.1) is 0 Å². The highest BCUT2D eigenvalue weighted by Gasteiger charge is 2.49. The maximum absolute atomic E-state index is 13.2. The van der Waals surface area contributed by atoms with Crippen LogP contribution < -0.4 is 10.5 Å². The van der Waals surface area contributed by atoms with Crippen LogP contribution in [0.4, 0.5) is 0 Å². The second-order valence-corrected chi connectivity index (χ2v) is 9.00. The second-order valence-electron chi connectivity index (χ2n) is 7.07. The van der Waals surface area contributed by atoms with Gasteiger partial charge in [-0.25, -0.2) is 18.1 Å². The zero-order valence-corrected chi connectivity index (χ0v) is 17.4. The molecule has 2 aromatic carbocycles. The first-order valence-corrected chi connectivity index (χ1v) is 11.2. The van der Waals surface area contributed by atoms with E-state index in [1.165, 1.54) is 4.90 Å². The Bertz CT molecular complexity index is 1020. The second kappa shape index (κ2) is 8.34. The molecule has 0 aliphatic carbocycles. The molecular weight excluding hydrogens is 388 g/mol. The fraction of sp³-hybridized carbons (Fsp3) is 0.333. The number of benzene rings is 2. The molecule has 1 aliphatic heterocycles. The van der Waals surface area contributed by atoms with E-state index in [1.54, 1.807) is 7.05 Å². The normalized spacial score (nSPS) is 19.4. The number of hydrogen-bond acceptors (Lipinski definition) is 5. The van der Waals surface area contributed by atoms with Crippen LogP contribution in [0.3, 0.4) is 0 Å². The molecule has 0 bridgehead atoms. The largest absolute Gasteiger partial charge is 0.369 e. The third kappa shape index (κ3) is 4.18. The first-order valence-electron chi connectivity index (χ1n) is 9.56. The fourth-order valence-electron chi connectivity index (χ4n) is 3.51. The molecular formula is C21H26N4O3S. The minimum atomic E-state index is -3.26. The van der Waals surface area contributed by atoms with E-state index in [4.69, 9.17) is 5.73 Å². The molecule has 7 nitrogen and oxygen atoms in total. The van der Waals surface area contributed by atoms with Gasteiger partial charge in [0.25, 0.3) is 5.91 Å². The lowest BCUT2D eigenvalue weighted by atomic mass is 9.82. The standard InChI is InChI=1S/C21H26N4O3S/c1-3-14-29(27,28)23-13-12-16-8-7-11-18(15-16)21(17-9-5-4-6-10-17)19(26)25(2)20(22)24-21/h4-11,15,23H,3,12-14H2,1-2H3,(H2,22,24). The maximum atomic E-state index is 13.2. The van der Waals surface area contributed by atoms with Crippen LogP contribution in [0.25, 0.3) is 0 Å². The number of guanidine groups is 1. The van der Waals surface area contributed by atoms with E-state index in [0.717, 1.165) is 11.1 Å². The molecule has 8 heteroatoms. The van der Waals surface area contributed by atoms with Crippen LogP contribution in [-0.4, -0.2) is 44.5 Å². The summed E-state index contributed by atoms with van der Waals surface area (Å²) < 4.78 is 26.3. The quantitative estimate of drug-likeness (QED) is 0.684. The van der Waals surface area contributed by atoms with Gasteiger partial charge in [-0.3, -0.25) is 9.69 Å². The van der Waals surface area contributed by atoms with Gasteiger partial charge in [-0.2, -0.15) is 0 Å². The Morgan fingerprint density at radius 1 is 1.10 bits per heavy atom. The first kappa shape index (κ1) is 21.0. The van der Waals surface area contributed by atoms with Gasteiger partial charge in [-0.15, -0.1) is 0 Å². The van der Waals surface area contributed by atoms with E-state index >= 15 is 0 Å². The Morgan fingerprint density at radius 2 is 1.79 bits per heavy atom. The third-order valence-electron chi connectivity index (χ3n) is 4.98. The van der Waals surface area contributed by atoms with Crippen LogP contribution in [0.1, 0.15) is 30.0 Å². The highest BCUT2D eigenvalue weighted by atomic mass is 32.2. The number of amides is 1. The fourth-order valence-corrected chi connectivity index (χ4v) is 4.60. The molecule has 0 radical (unpaired) electrons. The molecule has 1 atom stereocenters. The highest BCUT2D eigenvalue weighted by Crippen LogP contribution is 2.39. The molecule has 0 saturated carbocycles. The maximum Gasteiger partial charge on any atom is 0.266 e. The lowest BCUT2D eigenvalue weighted by Gasteiger charge is -2.26. The number of hydrogen-bond donors (Lipinski definition) is 2. The van der Waals surface area contributed by atoms with Crippen molar-refractivity contribution >= 4 is 21.9 Å². The van der Waals surface area contributed by atoms with E-state index in [-0.39, 0.29) is 17.6 Å². The number of nitrogens with zero attached hydrogens (tertiary/aromatic N) is 2. The summed E-state index contributed by atoms with van der Waals surface area (Å²) in [4.78, 5) is 19.1. The SMILES string of the molecule is CCCS(=O)(=O)NCCc1cccc(C2(c3ccccc3)N=C(N)N(C)C2=O)c1. The summed E-state index contributed by atoms with van der Waals surface area (Å²) in [5.74, 6) is 0.0532. The molecule has 1 aliphatic rings. The Morgan fingerprint density at radius 3 is 2.41 bits per heavy atom. The zero-order chi connectivity index (χ0) is 21.1. The number of likely N-dealkylation sites (N-methyl/N-ethyl adjacent to an activating group) is 1. The molecule has 1 amide bonds. The van der Waals surface area contributed by atoms with Gasteiger partial charge in [0.1, 0.15) is 0 Å². The van der Waals surface area contributed by atoms with Crippen LogP contribution in [0.5, 0.6) is 0 Å². The van der Waals surface area contributed by atoms with E-state index in [0.29, 0.717) is 24.9 Å². The minimum absolute atomic E-state index is 0.110. The summed E-state index contributed by atoms with van der Waals surface area (Å²) >= 11 is 0. The molecule has 154 valence electrons. The number of nitrogens with two attached hydrogens (primary N) is 1. The number of nitrogens with one attached hydrogen (secondary N) is 1. The molecule has 1 unspecified atom stereocenters. The molecule has 1 heterocycles. The van der Waals surface area contributed by atoms with Gasteiger partial charge in [0.15, 0.2) is 11.5 Å². The Hall–Kier alpha value is -2.71. The van der Waals surface area contributed by atoms with Crippen LogP contribution in [0.15, 0.2) is 59.6 Å². The van der Waals surface area contributed by atoms with Gasteiger partial charge in [0, 0.05) is 13.6 Å². The molecule has 0 aromatic heterocycles. The van der Waals surface area contributed by atoms with Gasteiger partial charge in [-0.05, 0) is 29.5 Å². The van der Waals surface area contributed by atoms with Crippen LogP contribution in [-0.2, 0) is 26.8 Å². The van der Waals surface area contributed by atoms with Crippen molar-refractivity contribution in [2.45, 2.75) is 25.3 Å². The van der Waals surface area contributed by atoms with Gasteiger partial charge >= 0.3 is 0 Å². The van der Waals surface area contributed by atoms with Gasteiger partial charge in [0.05, 0.1) is 5.75 Å².